The number of hydrogen-bond donors (Lipinski definition) is 2. The molecule has 0 radical (unpaired) electrons. The fourth-order valence-corrected chi connectivity index (χ4v) is 3.23. The summed E-state index contributed by atoms with van der Waals surface area (Å²) in [4.78, 5) is 35.6. The molecule has 0 aromatic heterocycles. The molecule has 10 nitrogen and oxygen atoms in total. The normalized spacial score (nSPS) is 10.5. The van der Waals surface area contributed by atoms with Crippen molar-refractivity contribution < 1.29 is 33.3 Å². The van der Waals surface area contributed by atoms with Gasteiger partial charge in [-0.2, -0.15) is 5.10 Å². The van der Waals surface area contributed by atoms with Crippen molar-refractivity contribution in [1.29, 1.82) is 0 Å². The minimum atomic E-state index is -0.495. The Bertz CT molecular complexity index is 1030. The molecule has 0 aliphatic rings. The monoisotopic (exact) mass is 535 g/mol. The number of nitrogens with one attached hydrogen (secondary N) is 2. The van der Waals surface area contributed by atoms with Crippen molar-refractivity contribution in [1.82, 2.24) is 10.7 Å². The van der Waals surface area contributed by atoms with E-state index in [1.54, 1.807) is 50.4 Å². The summed E-state index contributed by atoms with van der Waals surface area (Å²) < 4.78 is 21.2. The van der Waals surface area contributed by atoms with Gasteiger partial charge in [-0.05, 0) is 64.8 Å². The molecule has 11 heteroatoms. The zero-order valence-electron chi connectivity index (χ0n) is 19.1. The summed E-state index contributed by atoms with van der Waals surface area (Å²) >= 11 is 3.37. The van der Waals surface area contributed by atoms with E-state index < -0.39 is 5.97 Å². The van der Waals surface area contributed by atoms with Crippen LogP contribution in [0.15, 0.2) is 46.0 Å². The largest absolute Gasteiger partial charge is 0.497 e. The van der Waals surface area contributed by atoms with Crippen LogP contribution in [-0.2, 0) is 14.3 Å². The van der Waals surface area contributed by atoms with Gasteiger partial charge in [0, 0.05) is 18.5 Å². The number of esters is 1. The van der Waals surface area contributed by atoms with Crippen molar-refractivity contribution in [3.63, 3.8) is 0 Å². The van der Waals surface area contributed by atoms with Crippen LogP contribution < -0.4 is 25.0 Å². The summed E-state index contributed by atoms with van der Waals surface area (Å²) in [6.45, 7) is 1.86. The fraction of sp³-hybridized carbons (Fsp3) is 0.304. The average molecular weight is 536 g/mol. The molecule has 2 rings (SSSR count). The van der Waals surface area contributed by atoms with E-state index >= 15 is 0 Å². The first kappa shape index (κ1) is 26.7. The van der Waals surface area contributed by atoms with E-state index in [0.717, 1.165) is 0 Å². The number of ether oxygens (including phenoxy) is 4. The molecule has 2 aromatic carbocycles. The Balaban J connectivity index is 1.84. The number of hydrogen-bond acceptors (Lipinski definition) is 8. The molecule has 0 saturated carbocycles. The zero-order valence-corrected chi connectivity index (χ0v) is 20.6. The molecule has 2 aromatic rings. The second kappa shape index (κ2) is 13.8. The van der Waals surface area contributed by atoms with Gasteiger partial charge in [0.05, 0.1) is 31.5 Å². The number of halogens is 1. The second-order valence-electron chi connectivity index (χ2n) is 6.66. The standard InChI is InChI=1S/C23H26BrN3O7/c1-4-33-21(29)14-34-22-18(24)11-15(12-19(22)32-3)13-26-27-20(28)9-10-25-23(30)16-5-7-17(31-2)8-6-16/h5-8,11-13H,4,9-10,14H2,1-3H3,(H,25,30)(H,27,28). The van der Waals surface area contributed by atoms with E-state index in [1.807, 2.05) is 0 Å². The number of amides is 2. The Labute approximate surface area is 205 Å². The van der Waals surface area contributed by atoms with Crippen molar-refractivity contribution in [2.75, 3.05) is 34.0 Å². The third-order valence-electron chi connectivity index (χ3n) is 4.28. The van der Waals surface area contributed by atoms with Gasteiger partial charge in [0.15, 0.2) is 18.1 Å². The lowest BCUT2D eigenvalue weighted by Gasteiger charge is -2.13. The van der Waals surface area contributed by atoms with Crippen LogP contribution in [0.25, 0.3) is 0 Å². The second-order valence-corrected chi connectivity index (χ2v) is 7.51. The van der Waals surface area contributed by atoms with E-state index in [2.05, 4.69) is 31.8 Å². The molecule has 182 valence electrons. The minimum absolute atomic E-state index is 0.0485. The third kappa shape index (κ3) is 8.39. The van der Waals surface area contributed by atoms with E-state index in [-0.39, 0.29) is 38.0 Å². The molecule has 0 atom stereocenters. The van der Waals surface area contributed by atoms with Crippen LogP contribution in [0.3, 0.4) is 0 Å². The van der Waals surface area contributed by atoms with Gasteiger partial charge >= 0.3 is 5.97 Å². The van der Waals surface area contributed by atoms with Gasteiger partial charge in [-0.15, -0.1) is 0 Å². The summed E-state index contributed by atoms with van der Waals surface area (Å²) in [5, 5.41) is 6.59. The molecule has 0 aliphatic heterocycles. The molecular formula is C23H26BrN3O7. The first-order valence-corrected chi connectivity index (χ1v) is 11.1. The summed E-state index contributed by atoms with van der Waals surface area (Å²) in [6.07, 6.45) is 1.48. The molecule has 0 heterocycles. The third-order valence-corrected chi connectivity index (χ3v) is 4.87. The summed E-state index contributed by atoms with van der Waals surface area (Å²) in [5.74, 6) is 0.201. The van der Waals surface area contributed by atoms with E-state index in [0.29, 0.717) is 32.8 Å². The number of benzene rings is 2. The van der Waals surface area contributed by atoms with Gasteiger partial charge in [0.2, 0.25) is 5.91 Å². The fourth-order valence-electron chi connectivity index (χ4n) is 2.66. The van der Waals surface area contributed by atoms with Crippen molar-refractivity contribution in [3.8, 4) is 17.2 Å². The highest BCUT2D eigenvalue weighted by atomic mass is 79.9. The Morgan fingerprint density at radius 2 is 1.82 bits per heavy atom. The Morgan fingerprint density at radius 3 is 2.47 bits per heavy atom. The lowest BCUT2D eigenvalue weighted by Crippen LogP contribution is -2.29. The van der Waals surface area contributed by atoms with Crippen molar-refractivity contribution in [3.05, 3.63) is 52.0 Å². The molecule has 0 aliphatic carbocycles. The number of rotatable bonds is 12. The van der Waals surface area contributed by atoms with Crippen LogP contribution in [0.5, 0.6) is 17.2 Å². The molecule has 0 unspecified atom stereocenters. The van der Waals surface area contributed by atoms with Gasteiger partial charge in [0.25, 0.3) is 5.91 Å². The van der Waals surface area contributed by atoms with E-state index in [9.17, 15) is 14.4 Å². The van der Waals surface area contributed by atoms with E-state index in [1.165, 1.54) is 13.3 Å². The number of methoxy groups -OCH3 is 2. The quantitative estimate of drug-likeness (QED) is 0.243. The van der Waals surface area contributed by atoms with Crippen molar-refractivity contribution in [2.45, 2.75) is 13.3 Å². The topological polar surface area (TPSA) is 125 Å². The van der Waals surface area contributed by atoms with Crippen molar-refractivity contribution in [2.24, 2.45) is 5.10 Å². The van der Waals surface area contributed by atoms with Crippen LogP contribution in [-0.4, -0.2) is 58.0 Å². The van der Waals surface area contributed by atoms with Gasteiger partial charge in [-0.3, -0.25) is 9.59 Å². The smallest absolute Gasteiger partial charge is 0.344 e. The number of carbonyl (C=O) groups is 3. The highest BCUT2D eigenvalue weighted by molar-refractivity contribution is 9.10. The minimum Gasteiger partial charge on any atom is -0.497 e. The Hall–Kier alpha value is -3.60. The maximum absolute atomic E-state index is 12.1. The molecule has 2 amide bonds. The van der Waals surface area contributed by atoms with E-state index in [4.69, 9.17) is 18.9 Å². The summed E-state index contributed by atoms with van der Waals surface area (Å²) in [6, 6.07) is 9.96. The summed E-state index contributed by atoms with van der Waals surface area (Å²) in [7, 11) is 3.01. The molecule has 2 N–H and O–H groups in total. The molecular weight excluding hydrogens is 510 g/mol. The Morgan fingerprint density at radius 1 is 1.09 bits per heavy atom. The lowest BCUT2D eigenvalue weighted by atomic mass is 10.2. The predicted molar refractivity (Wildman–Crippen MR) is 129 cm³/mol. The van der Waals surface area contributed by atoms with Crippen LogP contribution in [0, 0.1) is 0 Å². The summed E-state index contributed by atoms with van der Waals surface area (Å²) in [5.41, 5.74) is 3.48. The lowest BCUT2D eigenvalue weighted by molar-refractivity contribution is -0.145. The molecule has 0 fully saturated rings. The van der Waals surface area contributed by atoms with Crippen LogP contribution in [0.4, 0.5) is 0 Å². The number of hydrazone groups is 1. The number of nitrogens with zero attached hydrogens (tertiary/aromatic N) is 1. The van der Waals surface area contributed by atoms with Gasteiger partial charge in [0.1, 0.15) is 5.75 Å². The predicted octanol–water partition coefficient (Wildman–Crippen LogP) is 2.68. The first-order valence-electron chi connectivity index (χ1n) is 10.3. The molecule has 0 bridgehead atoms. The van der Waals surface area contributed by atoms with Crippen LogP contribution >= 0.6 is 15.9 Å². The SMILES string of the molecule is CCOC(=O)COc1c(Br)cc(C=NNC(=O)CCNC(=O)c2ccc(OC)cc2)cc1OC. The Kier molecular flexibility index (Phi) is 10.8. The maximum Gasteiger partial charge on any atom is 0.344 e. The first-order chi connectivity index (χ1) is 16.4. The zero-order chi connectivity index (χ0) is 24.9. The van der Waals surface area contributed by atoms with Crippen molar-refractivity contribution >= 4 is 39.9 Å². The molecule has 0 saturated heterocycles. The van der Waals surface area contributed by atoms with Gasteiger partial charge in [-0.1, -0.05) is 0 Å². The number of carbonyl (C=O) groups excluding carboxylic acids is 3. The van der Waals surface area contributed by atoms with Crippen LogP contribution in [0.2, 0.25) is 0 Å². The molecule has 34 heavy (non-hydrogen) atoms. The van der Waals surface area contributed by atoms with Crippen LogP contribution in [0.1, 0.15) is 29.3 Å². The molecule has 0 spiro atoms. The highest BCUT2D eigenvalue weighted by Crippen LogP contribution is 2.36. The highest BCUT2D eigenvalue weighted by Gasteiger charge is 2.14. The maximum atomic E-state index is 12.1. The van der Waals surface area contributed by atoms with Gasteiger partial charge in [-0.25, -0.2) is 10.2 Å². The van der Waals surface area contributed by atoms with Gasteiger partial charge < -0.3 is 24.3 Å². The average Bonchev–Trinajstić information content (AvgIpc) is 2.83.